The second kappa shape index (κ2) is 8.23. The lowest BCUT2D eigenvalue weighted by Gasteiger charge is -2.35. The minimum Gasteiger partial charge on any atom is -0.378 e. The first-order chi connectivity index (χ1) is 9.29. The second-order valence-electron chi connectivity index (χ2n) is 6.32. The van der Waals surface area contributed by atoms with Crippen molar-refractivity contribution < 1.29 is 4.74 Å². The number of likely N-dealkylation sites (tertiary alicyclic amines) is 1. The molecule has 0 aromatic heterocycles. The van der Waals surface area contributed by atoms with Crippen LogP contribution in [0.1, 0.15) is 52.4 Å². The van der Waals surface area contributed by atoms with E-state index in [0.29, 0.717) is 12.1 Å². The summed E-state index contributed by atoms with van der Waals surface area (Å²) in [4.78, 5) is 2.59. The van der Waals surface area contributed by atoms with Crippen LogP contribution in [0.3, 0.4) is 0 Å². The van der Waals surface area contributed by atoms with Crippen LogP contribution in [0.2, 0.25) is 0 Å². The topological polar surface area (TPSA) is 24.5 Å². The fraction of sp³-hybridized carbons (Fsp3) is 1.00. The van der Waals surface area contributed by atoms with Crippen molar-refractivity contribution in [3.63, 3.8) is 0 Å². The number of rotatable bonds is 6. The molecule has 2 aliphatic rings. The molecule has 0 aliphatic carbocycles. The highest BCUT2D eigenvalue weighted by atomic mass is 16.5. The SMILES string of the molecule is CCN1CCCC(C(C)NCCC2CCCCO2)C1. The lowest BCUT2D eigenvalue weighted by atomic mass is 9.91. The lowest BCUT2D eigenvalue weighted by molar-refractivity contribution is 0.0107. The van der Waals surface area contributed by atoms with Crippen LogP contribution in [0.15, 0.2) is 0 Å². The van der Waals surface area contributed by atoms with Gasteiger partial charge in [-0.2, -0.15) is 0 Å². The van der Waals surface area contributed by atoms with Gasteiger partial charge in [-0.15, -0.1) is 0 Å². The van der Waals surface area contributed by atoms with Gasteiger partial charge in [-0.1, -0.05) is 6.92 Å². The number of piperidine rings is 1. The molecule has 3 atom stereocenters. The van der Waals surface area contributed by atoms with Gasteiger partial charge in [0.25, 0.3) is 0 Å². The predicted octanol–water partition coefficient (Wildman–Crippen LogP) is 2.66. The largest absolute Gasteiger partial charge is 0.378 e. The molecule has 0 saturated carbocycles. The third-order valence-corrected chi connectivity index (χ3v) is 4.90. The molecule has 0 aromatic carbocycles. The first kappa shape index (κ1) is 15.3. The number of nitrogens with zero attached hydrogens (tertiary/aromatic N) is 1. The molecule has 0 radical (unpaired) electrons. The zero-order chi connectivity index (χ0) is 13.5. The Morgan fingerprint density at radius 3 is 2.89 bits per heavy atom. The molecule has 0 aromatic rings. The molecule has 2 saturated heterocycles. The summed E-state index contributed by atoms with van der Waals surface area (Å²) in [5.41, 5.74) is 0. The fourth-order valence-electron chi connectivity index (χ4n) is 3.46. The molecule has 2 aliphatic heterocycles. The van der Waals surface area contributed by atoms with Gasteiger partial charge in [0.2, 0.25) is 0 Å². The highest BCUT2D eigenvalue weighted by Gasteiger charge is 2.23. The summed E-state index contributed by atoms with van der Waals surface area (Å²) in [6.07, 6.45) is 8.36. The zero-order valence-corrected chi connectivity index (χ0v) is 12.9. The summed E-state index contributed by atoms with van der Waals surface area (Å²) in [6.45, 7) is 10.5. The van der Waals surface area contributed by atoms with Gasteiger partial charge in [0.1, 0.15) is 0 Å². The van der Waals surface area contributed by atoms with Crippen LogP contribution in [-0.2, 0) is 4.74 Å². The Bertz CT molecular complexity index is 241. The van der Waals surface area contributed by atoms with Gasteiger partial charge < -0.3 is 15.0 Å². The molecule has 1 N–H and O–H groups in total. The molecule has 19 heavy (non-hydrogen) atoms. The van der Waals surface area contributed by atoms with Crippen LogP contribution < -0.4 is 5.32 Å². The minimum atomic E-state index is 0.520. The van der Waals surface area contributed by atoms with E-state index in [2.05, 4.69) is 24.1 Å². The Kier molecular flexibility index (Phi) is 6.62. The summed E-state index contributed by atoms with van der Waals surface area (Å²) in [5, 5.41) is 3.74. The predicted molar refractivity (Wildman–Crippen MR) is 80.5 cm³/mol. The molecule has 2 heterocycles. The highest BCUT2D eigenvalue weighted by molar-refractivity contribution is 4.80. The number of hydrogen-bond acceptors (Lipinski definition) is 3. The summed E-state index contributed by atoms with van der Waals surface area (Å²) in [7, 11) is 0. The maximum atomic E-state index is 5.79. The summed E-state index contributed by atoms with van der Waals surface area (Å²) < 4.78 is 5.79. The molecule has 3 unspecified atom stereocenters. The average molecular weight is 268 g/mol. The Morgan fingerprint density at radius 1 is 1.26 bits per heavy atom. The van der Waals surface area contributed by atoms with E-state index in [0.717, 1.165) is 19.1 Å². The van der Waals surface area contributed by atoms with Crippen molar-refractivity contribution in [2.24, 2.45) is 5.92 Å². The van der Waals surface area contributed by atoms with Crippen molar-refractivity contribution in [1.82, 2.24) is 10.2 Å². The lowest BCUT2D eigenvalue weighted by Crippen LogP contribution is -2.45. The van der Waals surface area contributed by atoms with Gasteiger partial charge >= 0.3 is 0 Å². The van der Waals surface area contributed by atoms with E-state index in [-0.39, 0.29) is 0 Å². The summed E-state index contributed by atoms with van der Waals surface area (Å²) in [6, 6.07) is 0.651. The van der Waals surface area contributed by atoms with E-state index in [1.165, 1.54) is 58.2 Å². The van der Waals surface area contributed by atoms with Crippen molar-refractivity contribution in [2.75, 3.05) is 32.8 Å². The van der Waals surface area contributed by atoms with Crippen molar-refractivity contribution >= 4 is 0 Å². The summed E-state index contributed by atoms with van der Waals surface area (Å²) >= 11 is 0. The standard InChI is InChI=1S/C16H32N2O/c1-3-18-11-6-7-15(13-18)14(2)17-10-9-16-8-4-5-12-19-16/h14-17H,3-13H2,1-2H3. The van der Waals surface area contributed by atoms with E-state index < -0.39 is 0 Å². The molecular weight excluding hydrogens is 236 g/mol. The van der Waals surface area contributed by atoms with Gasteiger partial charge in [0, 0.05) is 19.2 Å². The third-order valence-electron chi connectivity index (χ3n) is 4.90. The van der Waals surface area contributed by atoms with E-state index in [4.69, 9.17) is 4.74 Å². The zero-order valence-electron chi connectivity index (χ0n) is 12.9. The van der Waals surface area contributed by atoms with Gasteiger partial charge in [-0.05, 0) is 71.0 Å². The van der Waals surface area contributed by atoms with E-state index in [1.807, 2.05) is 0 Å². The van der Waals surface area contributed by atoms with Crippen LogP contribution in [0, 0.1) is 5.92 Å². The van der Waals surface area contributed by atoms with Crippen molar-refractivity contribution in [3.8, 4) is 0 Å². The molecule has 0 spiro atoms. The number of ether oxygens (including phenoxy) is 1. The molecule has 2 rings (SSSR count). The van der Waals surface area contributed by atoms with Crippen LogP contribution >= 0.6 is 0 Å². The fourth-order valence-corrected chi connectivity index (χ4v) is 3.46. The Hall–Kier alpha value is -0.120. The van der Waals surface area contributed by atoms with Crippen LogP contribution in [-0.4, -0.2) is 49.8 Å². The molecule has 112 valence electrons. The maximum Gasteiger partial charge on any atom is 0.0587 e. The van der Waals surface area contributed by atoms with Crippen LogP contribution in [0.4, 0.5) is 0 Å². The Balaban J connectivity index is 1.61. The quantitative estimate of drug-likeness (QED) is 0.801. The van der Waals surface area contributed by atoms with Gasteiger partial charge in [0.05, 0.1) is 6.10 Å². The molecule has 3 heteroatoms. The Morgan fingerprint density at radius 2 is 2.16 bits per heavy atom. The van der Waals surface area contributed by atoms with Gasteiger partial charge in [-0.25, -0.2) is 0 Å². The maximum absolute atomic E-state index is 5.79. The Labute approximate surface area is 119 Å². The van der Waals surface area contributed by atoms with E-state index >= 15 is 0 Å². The molecule has 0 bridgehead atoms. The summed E-state index contributed by atoms with van der Waals surface area (Å²) in [5.74, 6) is 0.834. The highest BCUT2D eigenvalue weighted by Crippen LogP contribution is 2.20. The van der Waals surface area contributed by atoms with Crippen molar-refractivity contribution in [2.45, 2.75) is 64.5 Å². The molecule has 2 fully saturated rings. The monoisotopic (exact) mass is 268 g/mol. The van der Waals surface area contributed by atoms with Crippen molar-refractivity contribution in [1.29, 1.82) is 0 Å². The van der Waals surface area contributed by atoms with Gasteiger partial charge in [-0.3, -0.25) is 0 Å². The van der Waals surface area contributed by atoms with E-state index in [1.54, 1.807) is 0 Å². The van der Waals surface area contributed by atoms with E-state index in [9.17, 15) is 0 Å². The number of nitrogens with one attached hydrogen (secondary N) is 1. The number of hydrogen-bond donors (Lipinski definition) is 1. The first-order valence-electron chi connectivity index (χ1n) is 8.37. The van der Waals surface area contributed by atoms with Crippen LogP contribution in [0.5, 0.6) is 0 Å². The average Bonchev–Trinajstić information content (AvgIpc) is 2.48. The third kappa shape index (κ3) is 5.05. The smallest absolute Gasteiger partial charge is 0.0587 e. The molecule has 3 nitrogen and oxygen atoms in total. The second-order valence-corrected chi connectivity index (χ2v) is 6.32. The normalized spacial score (nSPS) is 31.3. The first-order valence-corrected chi connectivity index (χ1v) is 8.37. The van der Waals surface area contributed by atoms with Crippen molar-refractivity contribution in [3.05, 3.63) is 0 Å². The van der Waals surface area contributed by atoms with Gasteiger partial charge in [0.15, 0.2) is 0 Å². The minimum absolute atomic E-state index is 0.520. The molecule has 0 amide bonds. The van der Waals surface area contributed by atoms with Crippen LogP contribution in [0.25, 0.3) is 0 Å². The molecular formula is C16H32N2O.